The molecule has 0 saturated carbocycles. The molecule has 0 aromatic heterocycles. The van der Waals surface area contributed by atoms with Gasteiger partial charge in [-0.1, -0.05) is 29.4 Å². The average Bonchev–Trinajstić information content (AvgIpc) is 2.38. The molecule has 1 N–H and O–H groups in total. The summed E-state index contributed by atoms with van der Waals surface area (Å²) < 4.78 is 5.14. The third kappa shape index (κ3) is 3.43. The van der Waals surface area contributed by atoms with Crippen LogP contribution in [-0.2, 0) is 0 Å². The first kappa shape index (κ1) is 13.8. The van der Waals surface area contributed by atoms with E-state index in [-0.39, 0.29) is 5.56 Å². The van der Waals surface area contributed by atoms with Crippen molar-refractivity contribution in [1.29, 1.82) is 0 Å². The van der Waals surface area contributed by atoms with E-state index in [0.717, 1.165) is 10.6 Å². The number of rotatable bonds is 4. The van der Waals surface area contributed by atoms with Crippen molar-refractivity contribution >= 4 is 29.3 Å². The van der Waals surface area contributed by atoms with Gasteiger partial charge in [0.1, 0.15) is 5.75 Å². The maximum absolute atomic E-state index is 11.2. The SMILES string of the molecule is COc1cccc(Sc2cc(Cl)ccc2C(=O)O)c1. The number of hydrogen-bond acceptors (Lipinski definition) is 3. The fourth-order valence-electron chi connectivity index (χ4n) is 1.55. The van der Waals surface area contributed by atoms with Gasteiger partial charge in [-0.25, -0.2) is 4.79 Å². The Morgan fingerprint density at radius 3 is 2.74 bits per heavy atom. The van der Waals surface area contributed by atoms with E-state index in [4.69, 9.17) is 21.4 Å². The van der Waals surface area contributed by atoms with E-state index >= 15 is 0 Å². The predicted molar refractivity (Wildman–Crippen MR) is 75.5 cm³/mol. The largest absolute Gasteiger partial charge is 0.497 e. The van der Waals surface area contributed by atoms with Crippen LogP contribution < -0.4 is 4.74 Å². The lowest BCUT2D eigenvalue weighted by Gasteiger charge is -2.07. The molecule has 0 spiro atoms. The zero-order chi connectivity index (χ0) is 13.8. The second-order valence-electron chi connectivity index (χ2n) is 3.73. The molecule has 0 unspecified atom stereocenters. The molecule has 0 saturated heterocycles. The fourth-order valence-corrected chi connectivity index (χ4v) is 2.81. The van der Waals surface area contributed by atoms with Gasteiger partial charge in [0.05, 0.1) is 12.7 Å². The smallest absolute Gasteiger partial charge is 0.336 e. The molecule has 0 aliphatic heterocycles. The zero-order valence-electron chi connectivity index (χ0n) is 10.1. The second kappa shape index (κ2) is 5.99. The van der Waals surface area contributed by atoms with Crippen LogP contribution in [0.5, 0.6) is 5.75 Å². The van der Waals surface area contributed by atoms with Gasteiger partial charge in [0.2, 0.25) is 0 Å². The molecule has 2 rings (SSSR count). The monoisotopic (exact) mass is 294 g/mol. The minimum atomic E-state index is -0.970. The molecular formula is C14H11ClO3S. The Morgan fingerprint density at radius 2 is 2.05 bits per heavy atom. The van der Waals surface area contributed by atoms with Gasteiger partial charge in [-0.15, -0.1) is 0 Å². The highest BCUT2D eigenvalue weighted by atomic mass is 35.5. The number of halogens is 1. The maximum Gasteiger partial charge on any atom is 0.336 e. The van der Waals surface area contributed by atoms with Crippen molar-refractivity contribution in [2.45, 2.75) is 9.79 Å². The van der Waals surface area contributed by atoms with E-state index in [0.29, 0.717) is 9.92 Å². The predicted octanol–water partition coefficient (Wildman–Crippen LogP) is 4.20. The summed E-state index contributed by atoms with van der Waals surface area (Å²) in [7, 11) is 1.59. The Kier molecular flexibility index (Phi) is 4.35. The Balaban J connectivity index is 2.36. The van der Waals surface area contributed by atoms with Gasteiger partial charge in [-0.2, -0.15) is 0 Å². The summed E-state index contributed by atoms with van der Waals surface area (Å²) >= 11 is 7.26. The van der Waals surface area contributed by atoms with E-state index in [2.05, 4.69) is 0 Å². The van der Waals surface area contributed by atoms with Crippen LogP contribution in [0.2, 0.25) is 5.02 Å². The van der Waals surface area contributed by atoms with Crippen molar-refractivity contribution in [2.24, 2.45) is 0 Å². The van der Waals surface area contributed by atoms with Crippen LogP contribution >= 0.6 is 23.4 Å². The lowest BCUT2D eigenvalue weighted by molar-refractivity contribution is 0.0693. The normalized spacial score (nSPS) is 10.2. The molecule has 98 valence electrons. The third-order valence-electron chi connectivity index (χ3n) is 2.44. The van der Waals surface area contributed by atoms with Gasteiger partial charge in [-0.3, -0.25) is 0 Å². The maximum atomic E-state index is 11.2. The number of carboxylic acids is 1. The Morgan fingerprint density at radius 1 is 1.26 bits per heavy atom. The number of aromatic carboxylic acids is 1. The molecule has 5 heteroatoms. The quantitative estimate of drug-likeness (QED) is 0.918. The molecule has 0 atom stereocenters. The topological polar surface area (TPSA) is 46.5 Å². The molecule has 0 aliphatic carbocycles. The van der Waals surface area contributed by atoms with Gasteiger partial charge in [0.25, 0.3) is 0 Å². The van der Waals surface area contributed by atoms with E-state index in [1.165, 1.54) is 17.8 Å². The van der Waals surface area contributed by atoms with Crippen molar-refractivity contribution in [1.82, 2.24) is 0 Å². The first-order chi connectivity index (χ1) is 9.10. The Hall–Kier alpha value is -1.65. The standard InChI is InChI=1S/C14H11ClO3S/c1-18-10-3-2-4-11(8-10)19-13-7-9(15)5-6-12(13)14(16)17/h2-8H,1H3,(H,16,17). The van der Waals surface area contributed by atoms with Gasteiger partial charge >= 0.3 is 5.97 Å². The molecule has 0 radical (unpaired) electrons. The first-order valence-corrected chi connectivity index (χ1v) is 6.64. The van der Waals surface area contributed by atoms with Crippen LogP contribution in [0.4, 0.5) is 0 Å². The van der Waals surface area contributed by atoms with Gasteiger partial charge < -0.3 is 9.84 Å². The molecule has 2 aromatic rings. The highest BCUT2D eigenvalue weighted by Gasteiger charge is 2.12. The number of hydrogen-bond donors (Lipinski definition) is 1. The highest BCUT2D eigenvalue weighted by Crippen LogP contribution is 2.34. The van der Waals surface area contributed by atoms with Crippen molar-refractivity contribution < 1.29 is 14.6 Å². The average molecular weight is 295 g/mol. The summed E-state index contributed by atoms with van der Waals surface area (Å²) in [6.07, 6.45) is 0. The molecule has 0 aliphatic rings. The lowest BCUT2D eigenvalue weighted by Crippen LogP contribution is -1.98. The summed E-state index contributed by atoms with van der Waals surface area (Å²) in [5.74, 6) is -0.244. The van der Waals surface area contributed by atoms with Gasteiger partial charge in [0, 0.05) is 14.8 Å². The van der Waals surface area contributed by atoms with E-state index < -0.39 is 5.97 Å². The van der Waals surface area contributed by atoms with Crippen LogP contribution in [0.1, 0.15) is 10.4 Å². The van der Waals surface area contributed by atoms with Crippen molar-refractivity contribution in [3.8, 4) is 5.75 Å². The number of carboxylic acid groups (broad SMARTS) is 1. The van der Waals surface area contributed by atoms with Crippen LogP contribution in [0.3, 0.4) is 0 Å². The van der Waals surface area contributed by atoms with Gasteiger partial charge in [0.15, 0.2) is 0 Å². The minimum Gasteiger partial charge on any atom is -0.497 e. The fraction of sp³-hybridized carbons (Fsp3) is 0.0714. The number of benzene rings is 2. The van der Waals surface area contributed by atoms with Crippen molar-refractivity contribution in [3.63, 3.8) is 0 Å². The van der Waals surface area contributed by atoms with Crippen LogP contribution in [0, 0.1) is 0 Å². The summed E-state index contributed by atoms with van der Waals surface area (Å²) in [5.41, 5.74) is 0.234. The summed E-state index contributed by atoms with van der Waals surface area (Å²) in [4.78, 5) is 12.7. The van der Waals surface area contributed by atoms with E-state index in [1.807, 2.05) is 24.3 Å². The molecule has 2 aromatic carbocycles. The van der Waals surface area contributed by atoms with E-state index in [1.54, 1.807) is 19.2 Å². The Labute approximate surface area is 120 Å². The van der Waals surface area contributed by atoms with E-state index in [9.17, 15) is 4.79 Å². The molecular weight excluding hydrogens is 284 g/mol. The summed E-state index contributed by atoms with van der Waals surface area (Å²) in [6.45, 7) is 0. The third-order valence-corrected chi connectivity index (χ3v) is 3.73. The van der Waals surface area contributed by atoms with Crippen molar-refractivity contribution in [3.05, 3.63) is 53.1 Å². The molecule has 3 nitrogen and oxygen atoms in total. The van der Waals surface area contributed by atoms with Crippen molar-refractivity contribution in [2.75, 3.05) is 7.11 Å². The molecule has 0 heterocycles. The minimum absolute atomic E-state index is 0.234. The second-order valence-corrected chi connectivity index (χ2v) is 5.28. The number of methoxy groups -OCH3 is 1. The highest BCUT2D eigenvalue weighted by molar-refractivity contribution is 7.99. The number of carbonyl (C=O) groups is 1. The molecule has 0 amide bonds. The Bertz CT molecular complexity index is 613. The van der Waals surface area contributed by atoms with Crippen LogP contribution in [0.25, 0.3) is 0 Å². The van der Waals surface area contributed by atoms with Crippen LogP contribution in [-0.4, -0.2) is 18.2 Å². The molecule has 19 heavy (non-hydrogen) atoms. The molecule has 0 fully saturated rings. The lowest BCUT2D eigenvalue weighted by atomic mass is 10.2. The summed E-state index contributed by atoms with van der Waals surface area (Å²) in [6, 6.07) is 12.1. The molecule has 0 bridgehead atoms. The zero-order valence-corrected chi connectivity index (χ0v) is 11.7. The summed E-state index contributed by atoms with van der Waals surface area (Å²) in [5, 5.41) is 9.66. The van der Waals surface area contributed by atoms with Crippen LogP contribution in [0.15, 0.2) is 52.3 Å². The number of ether oxygens (including phenoxy) is 1. The first-order valence-electron chi connectivity index (χ1n) is 5.45. The van der Waals surface area contributed by atoms with Gasteiger partial charge in [-0.05, 0) is 36.4 Å².